The lowest BCUT2D eigenvalue weighted by Gasteiger charge is -2.35. The first-order valence-corrected chi connectivity index (χ1v) is 11.7. The third-order valence-corrected chi connectivity index (χ3v) is 6.95. The van der Waals surface area contributed by atoms with Gasteiger partial charge in [-0.15, -0.1) is 0 Å². The maximum absolute atomic E-state index is 12.8. The van der Waals surface area contributed by atoms with Crippen molar-refractivity contribution in [1.82, 2.24) is 4.90 Å². The molecule has 1 aliphatic rings. The van der Waals surface area contributed by atoms with Crippen LogP contribution in [0.2, 0.25) is 0 Å². The first-order valence-electron chi connectivity index (χ1n) is 10.3. The summed E-state index contributed by atoms with van der Waals surface area (Å²) in [6.07, 6.45) is 3.96. The molecule has 0 unspecified atom stereocenters. The van der Waals surface area contributed by atoms with Crippen molar-refractivity contribution in [3.63, 3.8) is 0 Å². The minimum atomic E-state index is -3.93. The number of rotatable bonds is 9. The van der Waals surface area contributed by atoms with Gasteiger partial charge in [-0.3, -0.25) is 4.79 Å². The van der Waals surface area contributed by atoms with Crippen LogP contribution in [0.5, 0.6) is 11.5 Å². The molecule has 0 N–H and O–H groups in total. The van der Waals surface area contributed by atoms with E-state index in [4.69, 9.17) is 8.92 Å². The maximum Gasteiger partial charge on any atom is 0.339 e. The van der Waals surface area contributed by atoms with Gasteiger partial charge in [-0.1, -0.05) is 25.5 Å². The lowest BCUT2D eigenvalue weighted by molar-refractivity contribution is -0.141. The smallest absolute Gasteiger partial charge is 0.339 e. The molecule has 1 atom stereocenters. The summed E-state index contributed by atoms with van der Waals surface area (Å²) in [5, 5.41) is 0. The molecule has 3 rings (SSSR count). The average Bonchev–Trinajstić information content (AvgIpc) is 2.71. The fourth-order valence-electron chi connectivity index (χ4n) is 3.33. The average molecular weight is 432 g/mol. The summed E-state index contributed by atoms with van der Waals surface area (Å²) in [7, 11) is -2.41. The number of amides is 1. The number of benzene rings is 2. The first kappa shape index (κ1) is 22.2. The third kappa shape index (κ3) is 5.14. The van der Waals surface area contributed by atoms with Crippen molar-refractivity contribution in [1.29, 1.82) is 0 Å². The summed E-state index contributed by atoms with van der Waals surface area (Å²) in [5.41, 5.74) is 0.942. The standard InChI is InChI=1S/C23H29NO5S/c1-4-17(2)24(23(25)19-6-5-7-19)16-18-8-10-21(11-9-18)29-30(26,27)22-14-12-20(28-3)13-15-22/h8-15,17,19H,4-7,16H2,1-3H3/t17-/m0/s1. The Morgan fingerprint density at radius 3 is 2.17 bits per heavy atom. The zero-order chi connectivity index (χ0) is 21.7. The van der Waals surface area contributed by atoms with E-state index in [1.54, 1.807) is 24.3 Å². The highest BCUT2D eigenvalue weighted by Crippen LogP contribution is 2.30. The zero-order valence-electron chi connectivity index (χ0n) is 17.7. The molecule has 1 fully saturated rings. The lowest BCUT2D eigenvalue weighted by Crippen LogP contribution is -2.43. The molecule has 0 spiro atoms. The van der Waals surface area contributed by atoms with E-state index in [-0.39, 0.29) is 28.5 Å². The van der Waals surface area contributed by atoms with Gasteiger partial charge in [0.25, 0.3) is 0 Å². The van der Waals surface area contributed by atoms with E-state index in [0.29, 0.717) is 12.3 Å². The first-order chi connectivity index (χ1) is 14.3. The molecule has 7 heteroatoms. The van der Waals surface area contributed by atoms with Gasteiger partial charge in [0.05, 0.1) is 7.11 Å². The van der Waals surface area contributed by atoms with Gasteiger partial charge in [0.2, 0.25) is 5.91 Å². The Morgan fingerprint density at radius 1 is 1.07 bits per heavy atom. The molecule has 2 aromatic carbocycles. The number of carbonyl (C=O) groups excluding carboxylic acids is 1. The lowest BCUT2D eigenvalue weighted by atomic mass is 9.84. The van der Waals surface area contributed by atoms with Crippen LogP contribution in [0.25, 0.3) is 0 Å². The number of methoxy groups -OCH3 is 1. The highest BCUT2D eigenvalue weighted by Gasteiger charge is 2.31. The van der Waals surface area contributed by atoms with Gasteiger partial charge in [-0.05, 0) is 68.1 Å². The second-order valence-electron chi connectivity index (χ2n) is 7.71. The van der Waals surface area contributed by atoms with E-state index in [1.165, 1.54) is 19.2 Å². The van der Waals surface area contributed by atoms with Crippen molar-refractivity contribution < 1.29 is 22.1 Å². The van der Waals surface area contributed by atoms with E-state index >= 15 is 0 Å². The van der Waals surface area contributed by atoms with E-state index in [9.17, 15) is 13.2 Å². The van der Waals surface area contributed by atoms with Crippen molar-refractivity contribution in [2.24, 2.45) is 5.92 Å². The number of carbonyl (C=O) groups is 1. The van der Waals surface area contributed by atoms with Crippen molar-refractivity contribution in [3.05, 3.63) is 54.1 Å². The SMILES string of the molecule is CC[C@H](C)N(Cc1ccc(OS(=O)(=O)c2ccc(OC)cc2)cc1)C(=O)C1CCC1. The molecule has 162 valence electrons. The van der Waals surface area contributed by atoms with Crippen LogP contribution < -0.4 is 8.92 Å². The Hall–Kier alpha value is -2.54. The molecule has 0 heterocycles. The van der Waals surface area contributed by atoms with Crippen LogP contribution in [0, 0.1) is 5.92 Å². The number of hydrogen-bond acceptors (Lipinski definition) is 5. The van der Waals surface area contributed by atoms with Crippen LogP contribution in [0.1, 0.15) is 45.1 Å². The molecule has 1 amide bonds. The van der Waals surface area contributed by atoms with E-state index in [1.807, 2.05) is 17.0 Å². The molecule has 0 saturated heterocycles. The minimum absolute atomic E-state index is 0.0569. The van der Waals surface area contributed by atoms with Gasteiger partial charge in [-0.25, -0.2) is 0 Å². The predicted octanol–water partition coefficient (Wildman–Crippen LogP) is 4.39. The fourth-order valence-corrected chi connectivity index (χ4v) is 4.26. The molecule has 6 nitrogen and oxygen atoms in total. The summed E-state index contributed by atoms with van der Waals surface area (Å²) >= 11 is 0. The van der Waals surface area contributed by atoms with Crippen LogP contribution in [0.4, 0.5) is 0 Å². The summed E-state index contributed by atoms with van der Waals surface area (Å²) in [4.78, 5) is 14.8. The Labute approximate surface area is 178 Å². The maximum atomic E-state index is 12.8. The molecule has 0 bridgehead atoms. The van der Waals surface area contributed by atoms with Crippen LogP contribution in [-0.4, -0.2) is 32.4 Å². The normalized spacial score (nSPS) is 15.2. The Balaban J connectivity index is 1.69. The van der Waals surface area contributed by atoms with Gasteiger partial charge in [0.15, 0.2) is 0 Å². The van der Waals surface area contributed by atoms with Crippen LogP contribution >= 0.6 is 0 Å². The molecule has 1 saturated carbocycles. The van der Waals surface area contributed by atoms with E-state index in [0.717, 1.165) is 31.2 Å². The van der Waals surface area contributed by atoms with Crippen molar-refractivity contribution >= 4 is 16.0 Å². The van der Waals surface area contributed by atoms with Crippen molar-refractivity contribution in [3.8, 4) is 11.5 Å². The highest BCUT2D eigenvalue weighted by atomic mass is 32.2. The third-order valence-electron chi connectivity index (χ3n) is 5.69. The van der Waals surface area contributed by atoms with Gasteiger partial charge < -0.3 is 13.8 Å². The number of hydrogen-bond donors (Lipinski definition) is 0. The highest BCUT2D eigenvalue weighted by molar-refractivity contribution is 7.87. The predicted molar refractivity (Wildman–Crippen MR) is 115 cm³/mol. The molecular weight excluding hydrogens is 402 g/mol. The molecule has 1 aliphatic carbocycles. The van der Waals surface area contributed by atoms with Crippen molar-refractivity contribution in [2.45, 2.75) is 57.0 Å². The zero-order valence-corrected chi connectivity index (χ0v) is 18.5. The molecule has 0 radical (unpaired) electrons. The Bertz CT molecular complexity index is 950. The molecule has 2 aromatic rings. The summed E-state index contributed by atoms with van der Waals surface area (Å²) in [6, 6.07) is 13.0. The molecular formula is C23H29NO5S. The number of nitrogens with zero attached hydrogens (tertiary/aromatic N) is 1. The number of ether oxygens (including phenoxy) is 1. The van der Waals surface area contributed by atoms with E-state index in [2.05, 4.69) is 13.8 Å². The molecule has 0 aliphatic heterocycles. The largest absolute Gasteiger partial charge is 0.497 e. The second-order valence-corrected chi connectivity index (χ2v) is 9.25. The molecule has 30 heavy (non-hydrogen) atoms. The van der Waals surface area contributed by atoms with Crippen LogP contribution in [0.15, 0.2) is 53.4 Å². The van der Waals surface area contributed by atoms with Crippen molar-refractivity contribution in [2.75, 3.05) is 7.11 Å². The summed E-state index contributed by atoms with van der Waals surface area (Å²) in [5.74, 6) is 1.17. The quantitative estimate of drug-likeness (QED) is 0.551. The van der Waals surface area contributed by atoms with E-state index < -0.39 is 10.1 Å². The topological polar surface area (TPSA) is 72.9 Å². The summed E-state index contributed by atoms with van der Waals surface area (Å²) in [6.45, 7) is 4.65. The van der Waals surface area contributed by atoms with Gasteiger partial charge in [0, 0.05) is 18.5 Å². The Kier molecular flexibility index (Phi) is 7.02. The fraction of sp³-hybridized carbons (Fsp3) is 0.435. The van der Waals surface area contributed by atoms with Gasteiger partial charge >= 0.3 is 10.1 Å². The Morgan fingerprint density at radius 2 is 1.67 bits per heavy atom. The van der Waals surface area contributed by atoms with Crippen LogP contribution in [-0.2, 0) is 21.5 Å². The van der Waals surface area contributed by atoms with Gasteiger partial charge in [0.1, 0.15) is 16.4 Å². The second kappa shape index (κ2) is 9.51. The van der Waals surface area contributed by atoms with Gasteiger partial charge in [-0.2, -0.15) is 8.42 Å². The minimum Gasteiger partial charge on any atom is -0.497 e. The summed E-state index contributed by atoms with van der Waals surface area (Å²) < 4.78 is 35.3. The monoisotopic (exact) mass is 431 g/mol. The molecule has 0 aromatic heterocycles. The van der Waals surface area contributed by atoms with Crippen LogP contribution in [0.3, 0.4) is 0 Å².